The number of benzene rings is 2. The number of carbonyl (C=O) groups excluding carboxylic acids is 1. The van der Waals surface area contributed by atoms with Gasteiger partial charge in [-0.05, 0) is 17.7 Å². The molecule has 2 aromatic carbocycles. The van der Waals surface area contributed by atoms with E-state index in [0.29, 0.717) is 11.4 Å². The second kappa shape index (κ2) is 5.01. The van der Waals surface area contributed by atoms with E-state index in [2.05, 4.69) is 5.10 Å². The lowest BCUT2D eigenvalue weighted by atomic mass is 10.0. The van der Waals surface area contributed by atoms with Gasteiger partial charge in [0.1, 0.15) is 5.82 Å². The third-order valence-corrected chi connectivity index (χ3v) is 3.19. The van der Waals surface area contributed by atoms with E-state index in [9.17, 15) is 4.79 Å². The number of anilines is 1. The van der Waals surface area contributed by atoms with Gasteiger partial charge in [0.25, 0.3) is 0 Å². The van der Waals surface area contributed by atoms with Crippen molar-refractivity contribution in [3.63, 3.8) is 0 Å². The number of hydrogen-bond donors (Lipinski definition) is 1. The van der Waals surface area contributed by atoms with E-state index in [-0.39, 0.29) is 0 Å². The number of nitrogens with two attached hydrogens (primary N) is 1. The number of nitrogen functional groups attached to an aromatic ring is 1. The van der Waals surface area contributed by atoms with Gasteiger partial charge in [-0.25, -0.2) is 4.68 Å². The number of aldehydes is 1. The normalized spacial score (nSPS) is 10.4. The fraction of sp³-hybridized carbons (Fsp3) is 0. The first-order valence-corrected chi connectivity index (χ1v) is 6.25. The smallest absolute Gasteiger partial charge is 0.150 e. The van der Waals surface area contributed by atoms with Crippen molar-refractivity contribution in [3.8, 4) is 16.8 Å². The number of para-hydroxylation sites is 1. The first kappa shape index (κ1) is 12.2. The van der Waals surface area contributed by atoms with Crippen LogP contribution in [0, 0.1) is 0 Å². The molecule has 0 radical (unpaired) electrons. The summed E-state index contributed by atoms with van der Waals surface area (Å²) in [4.78, 5) is 11.1. The molecule has 0 spiro atoms. The molecule has 0 saturated heterocycles. The highest BCUT2D eigenvalue weighted by Gasteiger charge is 2.13. The molecule has 0 atom stereocenters. The number of nitrogens with zero attached hydrogens (tertiary/aromatic N) is 2. The van der Waals surface area contributed by atoms with Crippen molar-refractivity contribution in [1.29, 1.82) is 0 Å². The van der Waals surface area contributed by atoms with Gasteiger partial charge in [-0.15, -0.1) is 0 Å². The van der Waals surface area contributed by atoms with E-state index in [1.165, 1.54) is 0 Å². The molecule has 4 nitrogen and oxygen atoms in total. The predicted molar refractivity (Wildman–Crippen MR) is 78.8 cm³/mol. The molecular weight excluding hydrogens is 250 g/mol. The highest BCUT2D eigenvalue weighted by atomic mass is 16.1. The molecule has 98 valence electrons. The summed E-state index contributed by atoms with van der Waals surface area (Å²) in [6.07, 6.45) is 2.51. The van der Waals surface area contributed by atoms with Crippen molar-refractivity contribution in [3.05, 3.63) is 66.4 Å². The lowest BCUT2D eigenvalue weighted by Crippen LogP contribution is -2.02. The zero-order valence-electron chi connectivity index (χ0n) is 10.7. The third-order valence-electron chi connectivity index (χ3n) is 3.19. The summed E-state index contributed by atoms with van der Waals surface area (Å²) in [7, 11) is 0. The molecule has 3 rings (SSSR count). The summed E-state index contributed by atoms with van der Waals surface area (Å²) >= 11 is 0. The van der Waals surface area contributed by atoms with Crippen LogP contribution >= 0.6 is 0 Å². The second-order valence-electron chi connectivity index (χ2n) is 4.40. The van der Waals surface area contributed by atoms with Gasteiger partial charge in [-0.1, -0.05) is 42.5 Å². The van der Waals surface area contributed by atoms with Crippen LogP contribution in [0.3, 0.4) is 0 Å². The molecule has 3 aromatic rings. The van der Waals surface area contributed by atoms with Gasteiger partial charge in [-0.2, -0.15) is 5.10 Å². The van der Waals surface area contributed by atoms with E-state index in [4.69, 9.17) is 5.73 Å². The summed E-state index contributed by atoms with van der Waals surface area (Å²) < 4.78 is 1.66. The molecule has 1 heterocycles. The third kappa shape index (κ3) is 1.97. The number of carbonyl (C=O) groups is 1. The molecule has 1 aromatic heterocycles. The summed E-state index contributed by atoms with van der Waals surface area (Å²) in [5, 5.41) is 4.31. The average Bonchev–Trinajstić information content (AvgIpc) is 2.89. The summed E-state index contributed by atoms with van der Waals surface area (Å²) in [6, 6.07) is 17.0. The zero-order chi connectivity index (χ0) is 13.9. The molecule has 20 heavy (non-hydrogen) atoms. The number of rotatable bonds is 3. The Morgan fingerprint density at radius 2 is 1.65 bits per heavy atom. The van der Waals surface area contributed by atoms with Crippen LogP contribution < -0.4 is 5.73 Å². The SMILES string of the molecule is Nc1c(-c2ccccc2C=O)cnn1-c1ccccc1. The molecular formula is C16H13N3O. The molecule has 2 N–H and O–H groups in total. The van der Waals surface area contributed by atoms with Crippen molar-refractivity contribution in [2.24, 2.45) is 0 Å². The minimum absolute atomic E-state index is 0.519. The summed E-state index contributed by atoms with van der Waals surface area (Å²) in [5.74, 6) is 0.519. The van der Waals surface area contributed by atoms with Gasteiger partial charge in [0.05, 0.1) is 11.9 Å². The fourth-order valence-corrected chi connectivity index (χ4v) is 2.19. The first-order valence-electron chi connectivity index (χ1n) is 6.25. The van der Waals surface area contributed by atoms with Gasteiger partial charge < -0.3 is 5.73 Å². The topological polar surface area (TPSA) is 60.9 Å². The lowest BCUT2D eigenvalue weighted by molar-refractivity contribution is 0.112. The van der Waals surface area contributed by atoms with Crippen molar-refractivity contribution < 1.29 is 4.79 Å². The Labute approximate surface area is 116 Å². The molecule has 0 aliphatic heterocycles. The van der Waals surface area contributed by atoms with Crippen LogP contribution in [0.5, 0.6) is 0 Å². The van der Waals surface area contributed by atoms with E-state index < -0.39 is 0 Å². The van der Waals surface area contributed by atoms with Crippen molar-refractivity contribution in [2.45, 2.75) is 0 Å². The molecule has 0 saturated carbocycles. The maximum Gasteiger partial charge on any atom is 0.150 e. The van der Waals surface area contributed by atoms with Crippen LogP contribution in [-0.4, -0.2) is 16.1 Å². The molecule has 0 aliphatic rings. The van der Waals surface area contributed by atoms with Gasteiger partial charge in [0.2, 0.25) is 0 Å². The quantitative estimate of drug-likeness (QED) is 0.739. The minimum atomic E-state index is 0.519. The van der Waals surface area contributed by atoms with Crippen molar-refractivity contribution >= 4 is 12.1 Å². The van der Waals surface area contributed by atoms with Crippen molar-refractivity contribution in [1.82, 2.24) is 9.78 Å². The Kier molecular flexibility index (Phi) is 3.05. The maximum atomic E-state index is 11.1. The number of hydrogen-bond acceptors (Lipinski definition) is 3. The van der Waals surface area contributed by atoms with E-state index >= 15 is 0 Å². The van der Waals surface area contributed by atoms with Crippen molar-refractivity contribution in [2.75, 3.05) is 5.73 Å². The Morgan fingerprint density at radius 3 is 2.40 bits per heavy atom. The van der Waals surface area contributed by atoms with Crippen LogP contribution in [0.1, 0.15) is 10.4 Å². The Hall–Kier alpha value is -2.88. The first-order chi connectivity index (χ1) is 9.81. The molecule has 0 amide bonds. The van der Waals surface area contributed by atoms with E-state index in [1.807, 2.05) is 48.5 Å². The Balaban J connectivity index is 2.14. The van der Waals surface area contributed by atoms with Gasteiger partial charge >= 0.3 is 0 Å². The highest BCUT2D eigenvalue weighted by molar-refractivity contribution is 5.90. The molecule has 0 aliphatic carbocycles. The maximum absolute atomic E-state index is 11.1. The zero-order valence-corrected chi connectivity index (χ0v) is 10.7. The van der Waals surface area contributed by atoms with Gasteiger partial charge in [-0.3, -0.25) is 4.79 Å². The monoisotopic (exact) mass is 263 g/mol. The number of aromatic nitrogens is 2. The fourth-order valence-electron chi connectivity index (χ4n) is 2.19. The Morgan fingerprint density at radius 1 is 0.950 bits per heavy atom. The largest absolute Gasteiger partial charge is 0.383 e. The van der Waals surface area contributed by atoms with Crippen LogP contribution in [-0.2, 0) is 0 Å². The lowest BCUT2D eigenvalue weighted by Gasteiger charge is -2.06. The molecule has 4 heteroatoms. The summed E-state index contributed by atoms with van der Waals surface area (Å²) in [6.45, 7) is 0. The van der Waals surface area contributed by atoms with Crippen LogP contribution in [0.4, 0.5) is 5.82 Å². The van der Waals surface area contributed by atoms with Crippen LogP contribution in [0.25, 0.3) is 16.8 Å². The summed E-state index contributed by atoms with van der Waals surface area (Å²) in [5.41, 5.74) is 9.22. The highest BCUT2D eigenvalue weighted by Crippen LogP contribution is 2.29. The molecule has 0 unspecified atom stereocenters. The molecule has 0 fully saturated rings. The molecule has 0 bridgehead atoms. The minimum Gasteiger partial charge on any atom is -0.383 e. The van der Waals surface area contributed by atoms with Crippen LogP contribution in [0.2, 0.25) is 0 Å². The predicted octanol–water partition coefficient (Wildman–Crippen LogP) is 2.93. The van der Waals surface area contributed by atoms with Gasteiger partial charge in [0.15, 0.2) is 6.29 Å². The average molecular weight is 263 g/mol. The van der Waals surface area contributed by atoms with E-state index in [1.54, 1.807) is 16.9 Å². The standard InChI is InChI=1S/C16H13N3O/c17-16-15(14-9-5-4-6-12(14)11-20)10-18-19(16)13-7-2-1-3-8-13/h1-11H,17H2. The second-order valence-corrected chi connectivity index (χ2v) is 4.40. The van der Waals surface area contributed by atoms with Crippen LogP contribution in [0.15, 0.2) is 60.8 Å². The Bertz CT molecular complexity index is 747. The van der Waals surface area contributed by atoms with E-state index in [0.717, 1.165) is 23.1 Å². The van der Waals surface area contributed by atoms with Gasteiger partial charge in [0, 0.05) is 11.1 Å².